The SMILES string of the molecule is CC(C)C[C@@H](NC(=O)c1cc(Br)ccc1Cl)C(=O)O. The van der Waals surface area contributed by atoms with E-state index in [0.29, 0.717) is 10.9 Å². The van der Waals surface area contributed by atoms with Gasteiger partial charge in [-0.1, -0.05) is 41.4 Å². The van der Waals surface area contributed by atoms with E-state index >= 15 is 0 Å². The van der Waals surface area contributed by atoms with Crippen LogP contribution in [0.15, 0.2) is 22.7 Å². The van der Waals surface area contributed by atoms with E-state index in [0.717, 1.165) is 0 Å². The Kier molecular flexibility index (Phi) is 5.82. The molecule has 1 rings (SSSR count). The van der Waals surface area contributed by atoms with Crippen LogP contribution in [-0.4, -0.2) is 23.0 Å². The molecule has 0 bridgehead atoms. The number of hydrogen-bond acceptors (Lipinski definition) is 2. The summed E-state index contributed by atoms with van der Waals surface area (Å²) in [7, 11) is 0. The molecule has 6 heteroatoms. The molecule has 0 unspecified atom stereocenters. The molecule has 0 aromatic heterocycles. The highest BCUT2D eigenvalue weighted by Crippen LogP contribution is 2.21. The van der Waals surface area contributed by atoms with Gasteiger partial charge in [-0.05, 0) is 30.5 Å². The molecule has 19 heavy (non-hydrogen) atoms. The first-order valence-electron chi connectivity index (χ1n) is 5.80. The summed E-state index contributed by atoms with van der Waals surface area (Å²) in [5, 5.41) is 11.9. The van der Waals surface area contributed by atoms with Gasteiger partial charge in [-0.25, -0.2) is 4.79 Å². The van der Waals surface area contributed by atoms with Crippen molar-refractivity contribution in [3.05, 3.63) is 33.3 Å². The van der Waals surface area contributed by atoms with Crippen LogP contribution in [0, 0.1) is 5.92 Å². The standard InChI is InChI=1S/C13H15BrClNO3/c1-7(2)5-11(13(18)19)16-12(17)9-6-8(14)3-4-10(9)15/h3-4,6-7,11H,5H2,1-2H3,(H,16,17)(H,18,19)/t11-/m1/s1. The Hall–Kier alpha value is -1.07. The summed E-state index contributed by atoms with van der Waals surface area (Å²) in [6.45, 7) is 3.79. The highest BCUT2D eigenvalue weighted by Gasteiger charge is 2.22. The molecule has 1 aromatic rings. The average Bonchev–Trinajstić information content (AvgIpc) is 2.30. The van der Waals surface area contributed by atoms with Crippen molar-refractivity contribution >= 4 is 39.4 Å². The lowest BCUT2D eigenvalue weighted by Gasteiger charge is -2.17. The van der Waals surface area contributed by atoms with Gasteiger partial charge in [0, 0.05) is 4.47 Å². The van der Waals surface area contributed by atoms with E-state index in [-0.39, 0.29) is 16.5 Å². The van der Waals surface area contributed by atoms with Crippen LogP contribution in [0.5, 0.6) is 0 Å². The molecule has 1 aromatic carbocycles. The van der Waals surface area contributed by atoms with Gasteiger partial charge in [0.15, 0.2) is 0 Å². The van der Waals surface area contributed by atoms with Gasteiger partial charge >= 0.3 is 5.97 Å². The summed E-state index contributed by atoms with van der Waals surface area (Å²) < 4.78 is 0.706. The molecule has 4 nitrogen and oxygen atoms in total. The van der Waals surface area contributed by atoms with Crippen molar-refractivity contribution in [3.8, 4) is 0 Å². The molecule has 0 fully saturated rings. The number of carboxylic acids is 1. The van der Waals surface area contributed by atoms with E-state index in [1.54, 1.807) is 18.2 Å². The van der Waals surface area contributed by atoms with Gasteiger partial charge in [-0.3, -0.25) is 4.79 Å². The number of hydrogen-bond donors (Lipinski definition) is 2. The van der Waals surface area contributed by atoms with Gasteiger partial charge in [0.25, 0.3) is 5.91 Å². The molecular formula is C13H15BrClNO3. The Labute approximate surface area is 125 Å². The number of carbonyl (C=O) groups is 2. The van der Waals surface area contributed by atoms with Gasteiger partial charge in [-0.15, -0.1) is 0 Å². The van der Waals surface area contributed by atoms with Crippen LogP contribution in [-0.2, 0) is 4.79 Å². The Morgan fingerprint density at radius 3 is 2.58 bits per heavy atom. The van der Waals surface area contributed by atoms with Crippen LogP contribution in [0.25, 0.3) is 0 Å². The van der Waals surface area contributed by atoms with E-state index < -0.39 is 17.9 Å². The second-order valence-electron chi connectivity index (χ2n) is 4.62. The monoisotopic (exact) mass is 347 g/mol. The van der Waals surface area contributed by atoms with E-state index in [9.17, 15) is 9.59 Å². The zero-order valence-corrected chi connectivity index (χ0v) is 13.0. The summed E-state index contributed by atoms with van der Waals surface area (Å²) >= 11 is 9.18. The van der Waals surface area contributed by atoms with E-state index in [4.69, 9.17) is 16.7 Å². The molecule has 2 N–H and O–H groups in total. The average molecular weight is 349 g/mol. The summed E-state index contributed by atoms with van der Waals surface area (Å²) in [5.41, 5.74) is 0.256. The van der Waals surface area contributed by atoms with Crippen LogP contribution >= 0.6 is 27.5 Å². The first-order chi connectivity index (χ1) is 8.81. The number of aliphatic carboxylic acids is 1. The minimum absolute atomic E-state index is 0.166. The molecular weight excluding hydrogens is 334 g/mol. The Morgan fingerprint density at radius 1 is 1.42 bits per heavy atom. The third kappa shape index (κ3) is 4.84. The quantitative estimate of drug-likeness (QED) is 0.857. The second kappa shape index (κ2) is 6.91. The number of halogens is 2. The lowest BCUT2D eigenvalue weighted by molar-refractivity contribution is -0.139. The smallest absolute Gasteiger partial charge is 0.326 e. The van der Waals surface area contributed by atoms with Crippen molar-refractivity contribution < 1.29 is 14.7 Å². The Balaban J connectivity index is 2.87. The fourth-order valence-electron chi connectivity index (χ4n) is 1.60. The molecule has 1 amide bonds. The molecule has 104 valence electrons. The number of benzene rings is 1. The lowest BCUT2D eigenvalue weighted by atomic mass is 10.0. The highest BCUT2D eigenvalue weighted by atomic mass is 79.9. The van der Waals surface area contributed by atoms with Crippen LogP contribution in [0.1, 0.15) is 30.6 Å². The van der Waals surface area contributed by atoms with E-state index in [1.165, 1.54) is 0 Å². The minimum atomic E-state index is -1.05. The molecule has 0 aliphatic rings. The first kappa shape index (κ1) is 16.0. The summed E-state index contributed by atoms with van der Waals surface area (Å²) in [6.07, 6.45) is 0.368. The normalized spacial score (nSPS) is 12.3. The molecule has 1 atom stereocenters. The maximum atomic E-state index is 12.0. The van der Waals surface area contributed by atoms with Gasteiger partial charge in [-0.2, -0.15) is 0 Å². The molecule has 0 heterocycles. The number of rotatable bonds is 5. The van der Waals surface area contributed by atoms with Gasteiger partial charge in [0.05, 0.1) is 10.6 Å². The predicted molar refractivity (Wildman–Crippen MR) is 77.5 cm³/mol. The molecule has 0 saturated carbocycles. The van der Waals surface area contributed by atoms with Crippen molar-refractivity contribution in [2.45, 2.75) is 26.3 Å². The number of carbonyl (C=O) groups excluding carboxylic acids is 1. The fraction of sp³-hybridized carbons (Fsp3) is 0.385. The largest absolute Gasteiger partial charge is 0.480 e. The summed E-state index contributed by atoms with van der Waals surface area (Å²) in [5.74, 6) is -1.37. The third-order valence-electron chi connectivity index (χ3n) is 2.48. The topological polar surface area (TPSA) is 66.4 Å². The Morgan fingerprint density at radius 2 is 2.05 bits per heavy atom. The molecule has 0 spiro atoms. The maximum Gasteiger partial charge on any atom is 0.326 e. The summed E-state index contributed by atoms with van der Waals surface area (Å²) in [4.78, 5) is 23.1. The fourth-order valence-corrected chi connectivity index (χ4v) is 2.16. The zero-order valence-electron chi connectivity index (χ0n) is 10.6. The van der Waals surface area contributed by atoms with E-state index in [2.05, 4.69) is 21.2 Å². The zero-order chi connectivity index (χ0) is 14.6. The number of nitrogens with one attached hydrogen (secondary N) is 1. The Bertz CT molecular complexity index is 491. The van der Waals surface area contributed by atoms with Crippen molar-refractivity contribution in [2.75, 3.05) is 0 Å². The molecule has 0 saturated heterocycles. The maximum absolute atomic E-state index is 12.0. The van der Waals surface area contributed by atoms with Crippen molar-refractivity contribution in [1.29, 1.82) is 0 Å². The molecule has 0 radical (unpaired) electrons. The number of carboxylic acid groups (broad SMARTS) is 1. The van der Waals surface area contributed by atoms with Gasteiger partial charge < -0.3 is 10.4 Å². The predicted octanol–water partition coefficient (Wildman–Crippen LogP) is 3.33. The molecule has 0 aliphatic carbocycles. The van der Waals surface area contributed by atoms with Crippen LogP contribution in [0.2, 0.25) is 5.02 Å². The first-order valence-corrected chi connectivity index (χ1v) is 6.97. The van der Waals surface area contributed by atoms with Gasteiger partial charge in [0.2, 0.25) is 0 Å². The van der Waals surface area contributed by atoms with Crippen molar-refractivity contribution in [3.63, 3.8) is 0 Å². The van der Waals surface area contributed by atoms with Gasteiger partial charge in [0.1, 0.15) is 6.04 Å². The molecule has 0 aliphatic heterocycles. The van der Waals surface area contributed by atoms with E-state index in [1.807, 2.05) is 13.8 Å². The minimum Gasteiger partial charge on any atom is -0.480 e. The van der Waals surface area contributed by atoms with Crippen molar-refractivity contribution in [1.82, 2.24) is 5.32 Å². The summed E-state index contributed by atoms with van der Waals surface area (Å²) in [6, 6.07) is 3.94. The van der Waals surface area contributed by atoms with Crippen LogP contribution < -0.4 is 5.32 Å². The third-order valence-corrected chi connectivity index (χ3v) is 3.31. The number of amides is 1. The van der Waals surface area contributed by atoms with Crippen LogP contribution in [0.4, 0.5) is 0 Å². The highest BCUT2D eigenvalue weighted by molar-refractivity contribution is 9.10. The second-order valence-corrected chi connectivity index (χ2v) is 5.94. The lowest BCUT2D eigenvalue weighted by Crippen LogP contribution is -2.41. The van der Waals surface area contributed by atoms with Crippen LogP contribution in [0.3, 0.4) is 0 Å². The van der Waals surface area contributed by atoms with Crippen molar-refractivity contribution in [2.24, 2.45) is 5.92 Å².